The first-order chi connectivity index (χ1) is 9.89. The van der Waals surface area contributed by atoms with E-state index in [1.807, 2.05) is 0 Å². The third kappa shape index (κ3) is 3.81. The summed E-state index contributed by atoms with van der Waals surface area (Å²) in [6.45, 7) is 9.13. The van der Waals surface area contributed by atoms with Gasteiger partial charge in [-0.2, -0.15) is 0 Å². The average molecular weight is 298 g/mol. The van der Waals surface area contributed by atoms with Crippen molar-refractivity contribution in [2.24, 2.45) is 11.3 Å². The Morgan fingerprint density at radius 3 is 2.33 bits per heavy atom. The molecule has 0 atom stereocenters. The van der Waals surface area contributed by atoms with Gasteiger partial charge in [0.1, 0.15) is 5.41 Å². The monoisotopic (exact) mass is 298 g/mol. The Bertz CT molecular complexity index is 402. The fraction of sp³-hybridized carbons (Fsp3) is 0.800. The van der Waals surface area contributed by atoms with Crippen LogP contribution in [-0.2, 0) is 14.3 Å². The summed E-state index contributed by atoms with van der Waals surface area (Å²) in [5.74, 6) is -0.407. The topological polar surface area (TPSA) is 75.7 Å². The molecule has 1 rings (SSSR count). The van der Waals surface area contributed by atoms with E-state index in [0.717, 1.165) is 4.90 Å². The molecule has 0 aromatic rings. The van der Waals surface area contributed by atoms with Gasteiger partial charge in [0, 0.05) is 19.8 Å². The molecule has 0 aromatic heterocycles. The summed E-state index contributed by atoms with van der Waals surface area (Å²) in [5, 5.41) is 2.30. The zero-order valence-corrected chi connectivity index (χ0v) is 13.4. The zero-order valence-electron chi connectivity index (χ0n) is 13.4. The maximum atomic E-state index is 12.5. The lowest BCUT2D eigenvalue weighted by Crippen LogP contribution is -2.63. The number of ether oxygens (including phenoxy) is 1. The minimum Gasteiger partial charge on any atom is -0.381 e. The molecule has 1 fully saturated rings. The first-order valence-electron chi connectivity index (χ1n) is 7.64. The van der Waals surface area contributed by atoms with E-state index in [4.69, 9.17) is 4.74 Å². The van der Waals surface area contributed by atoms with Crippen molar-refractivity contribution >= 4 is 17.8 Å². The smallest absolute Gasteiger partial charge is 0.330 e. The van der Waals surface area contributed by atoms with Crippen LogP contribution in [0.2, 0.25) is 0 Å². The molecule has 120 valence electrons. The Hall–Kier alpha value is -1.43. The Labute approximate surface area is 126 Å². The van der Waals surface area contributed by atoms with E-state index >= 15 is 0 Å². The number of carbonyl (C=O) groups excluding carboxylic acids is 3. The minimum absolute atomic E-state index is 0.276. The minimum atomic E-state index is -1.10. The lowest BCUT2D eigenvalue weighted by molar-refractivity contribution is -0.152. The molecule has 0 unspecified atom stereocenters. The quantitative estimate of drug-likeness (QED) is 0.549. The van der Waals surface area contributed by atoms with Gasteiger partial charge in [0.2, 0.25) is 11.8 Å². The molecule has 1 aliphatic rings. The van der Waals surface area contributed by atoms with Gasteiger partial charge in [-0.25, -0.2) is 4.79 Å². The summed E-state index contributed by atoms with van der Waals surface area (Å²) in [6, 6.07) is -0.619. The lowest BCUT2D eigenvalue weighted by atomic mass is 9.78. The normalized spacial score (nSPS) is 18.3. The molecule has 6 nitrogen and oxygen atoms in total. The molecule has 0 spiro atoms. The molecule has 0 saturated carbocycles. The summed E-state index contributed by atoms with van der Waals surface area (Å²) < 4.78 is 5.45. The Balaban J connectivity index is 2.62. The highest BCUT2D eigenvalue weighted by Crippen LogP contribution is 2.32. The number of hydrogen-bond donors (Lipinski definition) is 1. The maximum Gasteiger partial charge on any atom is 0.330 e. The van der Waals surface area contributed by atoms with E-state index in [1.54, 1.807) is 13.8 Å². The van der Waals surface area contributed by atoms with E-state index in [9.17, 15) is 14.4 Å². The molecule has 0 aliphatic carbocycles. The van der Waals surface area contributed by atoms with E-state index < -0.39 is 17.4 Å². The Kier molecular flexibility index (Phi) is 6.33. The van der Waals surface area contributed by atoms with Gasteiger partial charge in [0.25, 0.3) is 0 Å². The van der Waals surface area contributed by atoms with Crippen LogP contribution in [0.4, 0.5) is 4.79 Å². The molecule has 0 radical (unpaired) electrons. The van der Waals surface area contributed by atoms with E-state index in [1.165, 1.54) is 0 Å². The fourth-order valence-corrected chi connectivity index (χ4v) is 2.45. The van der Waals surface area contributed by atoms with Gasteiger partial charge in [0.05, 0.1) is 0 Å². The molecule has 1 saturated heterocycles. The van der Waals surface area contributed by atoms with Crippen LogP contribution in [0.3, 0.4) is 0 Å². The largest absolute Gasteiger partial charge is 0.381 e. The summed E-state index contributed by atoms with van der Waals surface area (Å²) >= 11 is 0. The lowest BCUT2D eigenvalue weighted by Gasteiger charge is -2.38. The predicted octanol–water partition coefficient (Wildman–Crippen LogP) is 1.93. The van der Waals surface area contributed by atoms with Crippen molar-refractivity contribution < 1.29 is 19.1 Å². The fourth-order valence-electron chi connectivity index (χ4n) is 2.45. The van der Waals surface area contributed by atoms with Crippen LogP contribution in [-0.4, -0.2) is 42.5 Å². The molecule has 1 aliphatic heterocycles. The molecular formula is C15H26N2O4. The average Bonchev–Trinajstić information content (AvgIpc) is 2.42. The standard InChI is InChI=1S/C15H26N2O4/c1-5-15(6-2)12(18)16-14(20)17(13(15)19)8-7-9-21-10-11(3)4/h11H,5-10H2,1-4H3,(H,16,18,20). The highest BCUT2D eigenvalue weighted by molar-refractivity contribution is 6.19. The van der Waals surface area contributed by atoms with Crippen molar-refractivity contribution in [1.29, 1.82) is 0 Å². The summed E-state index contributed by atoms with van der Waals surface area (Å²) in [7, 11) is 0. The van der Waals surface area contributed by atoms with Crippen molar-refractivity contribution in [2.75, 3.05) is 19.8 Å². The van der Waals surface area contributed by atoms with Gasteiger partial charge in [-0.1, -0.05) is 27.7 Å². The number of nitrogens with one attached hydrogen (secondary N) is 1. The molecule has 6 heteroatoms. The SMILES string of the molecule is CCC1(CC)C(=O)NC(=O)N(CCCOCC(C)C)C1=O. The van der Waals surface area contributed by atoms with Crippen LogP contribution >= 0.6 is 0 Å². The first kappa shape index (κ1) is 17.6. The Morgan fingerprint density at radius 2 is 1.81 bits per heavy atom. The van der Waals surface area contributed by atoms with Gasteiger partial charge < -0.3 is 4.74 Å². The summed E-state index contributed by atoms with van der Waals surface area (Å²) in [5.41, 5.74) is -1.10. The van der Waals surface area contributed by atoms with Crippen molar-refractivity contribution in [3.63, 3.8) is 0 Å². The van der Waals surface area contributed by atoms with Gasteiger partial charge in [0.15, 0.2) is 0 Å². The van der Waals surface area contributed by atoms with Crippen LogP contribution in [0.15, 0.2) is 0 Å². The molecular weight excluding hydrogens is 272 g/mol. The van der Waals surface area contributed by atoms with Gasteiger partial charge >= 0.3 is 6.03 Å². The number of carbonyl (C=O) groups is 3. The van der Waals surface area contributed by atoms with Crippen LogP contribution in [0.5, 0.6) is 0 Å². The third-order valence-electron chi connectivity index (χ3n) is 3.88. The number of urea groups is 1. The molecule has 1 heterocycles. The third-order valence-corrected chi connectivity index (χ3v) is 3.88. The second-order valence-electron chi connectivity index (χ2n) is 5.83. The summed E-state index contributed by atoms with van der Waals surface area (Å²) in [6.07, 6.45) is 1.35. The second kappa shape index (κ2) is 7.54. The highest BCUT2D eigenvalue weighted by atomic mass is 16.5. The number of hydrogen-bond acceptors (Lipinski definition) is 4. The highest BCUT2D eigenvalue weighted by Gasteiger charge is 2.51. The maximum absolute atomic E-state index is 12.5. The number of rotatable bonds is 8. The number of imide groups is 2. The molecule has 21 heavy (non-hydrogen) atoms. The van der Waals surface area contributed by atoms with Crippen LogP contribution < -0.4 is 5.32 Å². The first-order valence-corrected chi connectivity index (χ1v) is 7.64. The van der Waals surface area contributed by atoms with Gasteiger partial charge in [-0.05, 0) is 25.2 Å². The molecule has 0 aromatic carbocycles. The molecule has 0 bridgehead atoms. The number of barbiturate groups is 1. The van der Waals surface area contributed by atoms with Crippen molar-refractivity contribution in [2.45, 2.75) is 47.0 Å². The van der Waals surface area contributed by atoms with Crippen molar-refractivity contribution in [3.8, 4) is 0 Å². The second-order valence-corrected chi connectivity index (χ2v) is 5.83. The molecule has 4 amide bonds. The molecule has 1 N–H and O–H groups in total. The van der Waals surface area contributed by atoms with Crippen LogP contribution in [0, 0.1) is 11.3 Å². The zero-order chi connectivity index (χ0) is 16.0. The van der Waals surface area contributed by atoms with Crippen LogP contribution in [0.1, 0.15) is 47.0 Å². The van der Waals surface area contributed by atoms with E-state index in [0.29, 0.717) is 38.4 Å². The van der Waals surface area contributed by atoms with Crippen molar-refractivity contribution in [3.05, 3.63) is 0 Å². The van der Waals surface area contributed by atoms with Crippen LogP contribution in [0.25, 0.3) is 0 Å². The number of nitrogens with zero attached hydrogens (tertiary/aromatic N) is 1. The summed E-state index contributed by atoms with van der Waals surface area (Å²) in [4.78, 5) is 37.5. The predicted molar refractivity (Wildman–Crippen MR) is 78.5 cm³/mol. The van der Waals surface area contributed by atoms with Gasteiger partial charge in [-0.3, -0.25) is 19.8 Å². The van der Waals surface area contributed by atoms with E-state index in [2.05, 4.69) is 19.2 Å². The van der Waals surface area contributed by atoms with E-state index in [-0.39, 0.29) is 12.5 Å². The van der Waals surface area contributed by atoms with Crippen molar-refractivity contribution in [1.82, 2.24) is 10.2 Å². The number of amides is 4. The Morgan fingerprint density at radius 1 is 1.19 bits per heavy atom. The van der Waals surface area contributed by atoms with Gasteiger partial charge in [-0.15, -0.1) is 0 Å².